The molecule has 1 fully saturated rings. The lowest BCUT2D eigenvalue weighted by molar-refractivity contribution is -0.145. The van der Waals surface area contributed by atoms with E-state index in [1.54, 1.807) is 0 Å². The molecule has 96 valence electrons. The number of esters is 1. The van der Waals surface area contributed by atoms with Crippen LogP contribution in [0.1, 0.15) is 45.4 Å². The molecular formula is C13H20O4. The van der Waals surface area contributed by atoms with Crippen LogP contribution in [0, 0.1) is 5.92 Å². The van der Waals surface area contributed by atoms with Crippen LogP contribution in [0.25, 0.3) is 0 Å². The highest BCUT2D eigenvalue weighted by Gasteiger charge is 2.22. The molecule has 0 saturated heterocycles. The predicted octanol–water partition coefficient (Wildman–Crippen LogP) is 2.53. The van der Waals surface area contributed by atoms with E-state index in [0.717, 1.165) is 43.8 Å². The van der Waals surface area contributed by atoms with Crippen molar-refractivity contribution >= 4 is 11.9 Å². The highest BCUT2D eigenvalue weighted by atomic mass is 16.5. The topological polar surface area (TPSA) is 63.6 Å². The van der Waals surface area contributed by atoms with Crippen molar-refractivity contribution in [2.75, 3.05) is 0 Å². The Balaban J connectivity index is 2.26. The van der Waals surface area contributed by atoms with Crippen molar-refractivity contribution in [1.82, 2.24) is 0 Å². The summed E-state index contributed by atoms with van der Waals surface area (Å²) in [6, 6.07) is 0. The van der Waals surface area contributed by atoms with Gasteiger partial charge in [0, 0.05) is 12.2 Å². The fraction of sp³-hybridized carbons (Fsp3) is 0.692. The number of hydrogen-bond acceptors (Lipinski definition) is 3. The Kier molecular flexibility index (Phi) is 5.73. The molecule has 4 heteroatoms. The summed E-state index contributed by atoms with van der Waals surface area (Å²) in [4.78, 5) is 21.5. The quantitative estimate of drug-likeness (QED) is 0.592. The third kappa shape index (κ3) is 5.52. The molecule has 1 aliphatic carbocycles. The van der Waals surface area contributed by atoms with Crippen molar-refractivity contribution in [3.05, 3.63) is 12.2 Å². The zero-order valence-corrected chi connectivity index (χ0v) is 10.2. The van der Waals surface area contributed by atoms with Crippen LogP contribution < -0.4 is 0 Å². The number of carbonyl (C=O) groups excluding carboxylic acids is 1. The van der Waals surface area contributed by atoms with Crippen LogP contribution in [0.4, 0.5) is 0 Å². The first kappa shape index (κ1) is 13.7. The number of carboxylic acid groups (broad SMARTS) is 1. The largest absolute Gasteiger partial charge is 0.478 e. The zero-order valence-electron chi connectivity index (χ0n) is 10.2. The lowest BCUT2D eigenvalue weighted by Gasteiger charge is -2.27. The van der Waals surface area contributed by atoms with Gasteiger partial charge < -0.3 is 9.84 Å². The van der Waals surface area contributed by atoms with Crippen LogP contribution in [0.2, 0.25) is 0 Å². The highest BCUT2D eigenvalue weighted by Crippen LogP contribution is 2.29. The van der Waals surface area contributed by atoms with Crippen LogP contribution in [0.15, 0.2) is 12.2 Å². The van der Waals surface area contributed by atoms with Gasteiger partial charge in [0.25, 0.3) is 0 Å². The van der Waals surface area contributed by atoms with E-state index in [1.165, 1.54) is 12.8 Å². The van der Waals surface area contributed by atoms with Crippen molar-refractivity contribution < 1.29 is 19.4 Å². The van der Waals surface area contributed by atoms with Crippen LogP contribution >= 0.6 is 0 Å². The number of carbonyl (C=O) groups is 2. The second-order valence-corrected chi connectivity index (χ2v) is 4.54. The molecule has 17 heavy (non-hydrogen) atoms. The minimum atomic E-state index is -1.13. The number of ether oxygens (including phenoxy) is 1. The first-order valence-corrected chi connectivity index (χ1v) is 6.23. The molecule has 0 bridgehead atoms. The van der Waals surface area contributed by atoms with Gasteiger partial charge in [0.15, 0.2) is 0 Å². The maximum Gasteiger partial charge on any atom is 0.331 e. The summed E-state index contributed by atoms with van der Waals surface area (Å²) in [5, 5.41) is 8.37. The molecule has 0 aromatic carbocycles. The molecule has 0 aliphatic heterocycles. The Hall–Kier alpha value is -1.32. The summed E-state index contributed by atoms with van der Waals surface area (Å²) in [6.45, 7) is 2.18. The average Bonchev–Trinajstić information content (AvgIpc) is 2.29. The smallest absolute Gasteiger partial charge is 0.331 e. The molecule has 1 rings (SSSR count). The van der Waals surface area contributed by atoms with Crippen molar-refractivity contribution in [1.29, 1.82) is 0 Å². The predicted molar refractivity (Wildman–Crippen MR) is 63.5 cm³/mol. The molecule has 1 N–H and O–H groups in total. The second-order valence-electron chi connectivity index (χ2n) is 4.54. The maximum atomic E-state index is 11.3. The maximum absolute atomic E-state index is 11.3. The second kappa shape index (κ2) is 7.09. The molecular weight excluding hydrogens is 220 g/mol. The summed E-state index contributed by atoms with van der Waals surface area (Å²) in [5.74, 6) is -0.913. The fourth-order valence-electron chi connectivity index (χ4n) is 2.29. The number of aliphatic carboxylic acids is 1. The third-order valence-corrected chi connectivity index (χ3v) is 3.14. The summed E-state index contributed by atoms with van der Waals surface area (Å²) in [7, 11) is 0. The van der Waals surface area contributed by atoms with Gasteiger partial charge in [-0.2, -0.15) is 0 Å². The van der Waals surface area contributed by atoms with Gasteiger partial charge >= 0.3 is 11.9 Å². The van der Waals surface area contributed by atoms with Crippen LogP contribution in [0.3, 0.4) is 0 Å². The Bertz CT molecular complexity index is 288. The van der Waals surface area contributed by atoms with E-state index in [1.807, 2.05) is 0 Å². The summed E-state index contributed by atoms with van der Waals surface area (Å²) in [5.41, 5.74) is 0. The lowest BCUT2D eigenvalue weighted by Crippen LogP contribution is -2.23. The summed E-state index contributed by atoms with van der Waals surface area (Å²) in [6.07, 6.45) is 8.22. The number of carboxylic acids is 1. The lowest BCUT2D eigenvalue weighted by atomic mass is 9.85. The molecule has 0 spiro atoms. The number of hydrogen-bond donors (Lipinski definition) is 1. The monoisotopic (exact) mass is 240 g/mol. The Morgan fingerprint density at radius 1 is 1.24 bits per heavy atom. The van der Waals surface area contributed by atoms with E-state index < -0.39 is 11.9 Å². The van der Waals surface area contributed by atoms with Crippen molar-refractivity contribution in [3.8, 4) is 0 Å². The van der Waals surface area contributed by atoms with Gasteiger partial charge in [-0.05, 0) is 31.6 Å². The minimum absolute atomic E-state index is 0.0333. The highest BCUT2D eigenvalue weighted by molar-refractivity contribution is 5.90. The van der Waals surface area contributed by atoms with E-state index in [2.05, 4.69) is 6.92 Å². The molecule has 0 aromatic heterocycles. The molecule has 0 amide bonds. The van der Waals surface area contributed by atoms with E-state index in [-0.39, 0.29) is 6.10 Å². The van der Waals surface area contributed by atoms with Crippen LogP contribution in [-0.2, 0) is 14.3 Å². The third-order valence-electron chi connectivity index (χ3n) is 3.14. The van der Waals surface area contributed by atoms with Gasteiger partial charge in [-0.25, -0.2) is 9.59 Å². The fourth-order valence-corrected chi connectivity index (χ4v) is 2.29. The van der Waals surface area contributed by atoms with Crippen molar-refractivity contribution in [2.24, 2.45) is 5.92 Å². The molecule has 0 heterocycles. The Morgan fingerprint density at radius 3 is 2.41 bits per heavy atom. The van der Waals surface area contributed by atoms with E-state index in [9.17, 15) is 9.59 Å². The standard InChI is InChI=1S/C13H20O4/c1-2-3-10-4-6-11(7-5-10)17-13(16)9-8-12(14)15/h8-11H,2-7H2,1H3,(H,14,15)/b9-8+. The van der Waals surface area contributed by atoms with Gasteiger partial charge in [0.05, 0.1) is 0 Å². The van der Waals surface area contributed by atoms with Gasteiger partial charge in [0.2, 0.25) is 0 Å². The Morgan fingerprint density at radius 2 is 1.88 bits per heavy atom. The first-order valence-electron chi connectivity index (χ1n) is 6.23. The average molecular weight is 240 g/mol. The minimum Gasteiger partial charge on any atom is -0.478 e. The Labute approximate surface area is 102 Å². The van der Waals surface area contributed by atoms with Crippen LogP contribution in [0.5, 0.6) is 0 Å². The summed E-state index contributed by atoms with van der Waals surface area (Å²) >= 11 is 0. The normalized spacial score (nSPS) is 24.8. The molecule has 0 atom stereocenters. The molecule has 0 unspecified atom stereocenters. The zero-order chi connectivity index (χ0) is 12.7. The molecule has 0 radical (unpaired) electrons. The molecule has 4 nitrogen and oxygen atoms in total. The molecule has 1 saturated carbocycles. The van der Waals surface area contributed by atoms with E-state index in [4.69, 9.17) is 9.84 Å². The van der Waals surface area contributed by atoms with Gasteiger partial charge in [-0.1, -0.05) is 19.8 Å². The van der Waals surface area contributed by atoms with Crippen LogP contribution in [-0.4, -0.2) is 23.1 Å². The molecule has 1 aliphatic rings. The first-order chi connectivity index (χ1) is 8.11. The van der Waals surface area contributed by atoms with Crippen molar-refractivity contribution in [3.63, 3.8) is 0 Å². The molecule has 0 aromatic rings. The van der Waals surface area contributed by atoms with Gasteiger partial charge in [-0.3, -0.25) is 0 Å². The summed E-state index contributed by atoms with van der Waals surface area (Å²) < 4.78 is 5.18. The van der Waals surface area contributed by atoms with E-state index >= 15 is 0 Å². The van der Waals surface area contributed by atoms with Gasteiger partial charge in [-0.15, -0.1) is 0 Å². The van der Waals surface area contributed by atoms with E-state index in [0.29, 0.717) is 0 Å². The number of rotatable bonds is 5. The van der Waals surface area contributed by atoms with Crippen molar-refractivity contribution in [2.45, 2.75) is 51.6 Å². The SMILES string of the molecule is CCCC1CCC(OC(=O)/C=C/C(=O)O)CC1. The van der Waals surface area contributed by atoms with Gasteiger partial charge in [0.1, 0.15) is 6.10 Å².